The third-order valence-corrected chi connectivity index (χ3v) is 6.37. The summed E-state index contributed by atoms with van der Waals surface area (Å²) in [5.74, 6) is 7.07. The summed E-state index contributed by atoms with van der Waals surface area (Å²) in [5, 5.41) is 20.4. The fraction of sp³-hybridized carbons (Fsp3) is 0.842. The number of hydrogen-bond donors (Lipinski definition) is 2. The lowest BCUT2D eigenvalue weighted by Crippen LogP contribution is -2.56. The Kier molecular flexibility index (Phi) is 4.61. The van der Waals surface area contributed by atoms with Crippen LogP contribution in [0.5, 0.6) is 0 Å². The van der Waals surface area contributed by atoms with E-state index in [4.69, 9.17) is 0 Å². The first-order valence-electron chi connectivity index (χ1n) is 8.91. The summed E-state index contributed by atoms with van der Waals surface area (Å²) < 4.78 is 0. The molecular weight excluding hydrogens is 276 g/mol. The number of fused-ring (bicyclic) bond motifs is 1. The van der Waals surface area contributed by atoms with Gasteiger partial charge in [-0.2, -0.15) is 0 Å². The van der Waals surface area contributed by atoms with Crippen LogP contribution in [-0.4, -0.2) is 28.2 Å². The number of aliphatic hydroxyl groups is 2. The van der Waals surface area contributed by atoms with Gasteiger partial charge in [-0.1, -0.05) is 50.9 Å². The predicted octanol–water partition coefficient (Wildman–Crippen LogP) is 2.69. The first-order valence-corrected chi connectivity index (χ1v) is 8.91. The summed E-state index contributed by atoms with van der Waals surface area (Å²) in [6.07, 6.45) is 7.99. The molecule has 0 aliphatic heterocycles. The van der Waals surface area contributed by atoms with Crippen LogP contribution in [0.25, 0.3) is 0 Å². The van der Waals surface area contributed by atoms with Crippen molar-refractivity contribution in [3.63, 3.8) is 0 Å². The Morgan fingerprint density at radius 3 is 2.68 bits per heavy atom. The third kappa shape index (κ3) is 2.96. The van der Waals surface area contributed by atoms with E-state index in [-0.39, 0.29) is 17.3 Å². The minimum Gasteiger partial charge on any atom is -0.392 e. The van der Waals surface area contributed by atoms with Gasteiger partial charge < -0.3 is 10.2 Å². The van der Waals surface area contributed by atoms with Gasteiger partial charge in [-0.15, -0.1) is 0 Å². The van der Waals surface area contributed by atoms with Crippen molar-refractivity contribution in [3.05, 3.63) is 0 Å². The van der Waals surface area contributed by atoms with Gasteiger partial charge >= 0.3 is 0 Å². The van der Waals surface area contributed by atoms with Crippen LogP contribution in [0.15, 0.2) is 0 Å². The molecule has 0 radical (unpaired) electrons. The van der Waals surface area contributed by atoms with Crippen LogP contribution in [0, 0.1) is 35.0 Å². The molecule has 3 nitrogen and oxygen atoms in total. The van der Waals surface area contributed by atoms with Crippen molar-refractivity contribution in [2.45, 2.75) is 76.9 Å². The van der Waals surface area contributed by atoms with Crippen LogP contribution in [0.4, 0.5) is 0 Å². The van der Waals surface area contributed by atoms with E-state index >= 15 is 0 Å². The van der Waals surface area contributed by atoms with E-state index < -0.39 is 12.2 Å². The molecule has 0 bridgehead atoms. The molecule has 2 N–H and O–H groups in total. The fourth-order valence-electron chi connectivity index (χ4n) is 4.66. The molecule has 0 aromatic carbocycles. The van der Waals surface area contributed by atoms with Gasteiger partial charge in [0, 0.05) is 11.8 Å². The van der Waals surface area contributed by atoms with Crippen molar-refractivity contribution in [2.75, 3.05) is 0 Å². The van der Waals surface area contributed by atoms with Crippen LogP contribution < -0.4 is 0 Å². The molecule has 3 rings (SSSR count). The molecule has 0 amide bonds. The summed E-state index contributed by atoms with van der Waals surface area (Å²) in [7, 11) is 0. The highest BCUT2D eigenvalue weighted by Gasteiger charge is 2.57. The smallest absolute Gasteiger partial charge is 0.139 e. The second-order valence-corrected chi connectivity index (χ2v) is 7.83. The Bertz CT molecular complexity index is 483. The number of Topliss-reactive ketones (excluding diaryl/α,β-unsaturated/α-hetero) is 1. The quantitative estimate of drug-likeness (QED) is 0.771. The topological polar surface area (TPSA) is 57.5 Å². The second kappa shape index (κ2) is 6.34. The van der Waals surface area contributed by atoms with E-state index in [1.54, 1.807) is 0 Å². The predicted molar refractivity (Wildman–Crippen MR) is 84.9 cm³/mol. The molecule has 0 heterocycles. The molecule has 3 fully saturated rings. The Morgan fingerprint density at radius 1 is 1.27 bits per heavy atom. The Balaban J connectivity index is 1.60. The average Bonchev–Trinajstić information content (AvgIpc) is 2.51. The lowest BCUT2D eigenvalue weighted by molar-refractivity contribution is -0.156. The first kappa shape index (κ1) is 16.0. The van der Waals surface area contributed by atoms with Crippen molar-refractivity contribution in [3.8, 4) is 11.8 Å². The number of carbonyl (C=O) groups excluding carboxylic acids is 1. The average molecular weight is 304 g/mol. The molecular formula is C19H28O3. The summed E-state index contributed by atoms with van der Waals surface area (Å²) in [6.45, 7) is 2.02. The van der Waals surface area contributed by atoms with Crippen molar-refractivity contribution in [1.29, 1.82) is 0 Å². The van der Waals surface area contributed by atoms with Crippen LogP contribution in [-0.2, 0) is 4.79 Å². The molecule has 3 aliphatic carbocycles. The molecule has 0 spiro atoms. The SMILES string of the molecule is C[C@@]12CC[C@H](O)[C@@H](C#C[C@@H](O)CC3CCCCC3)[C@@H]1CC2=O. The molecule has 5 atom stereocenters. The van der Waals surface area contributed by atoms with Gasteiger partial charge in [0.15, 0.2) is 0 Å². The lowest BCUT2D eigenvalue weighted by Gasteiger charge is -2.52. The normalized spacial score (nSPS) is 40.1. The van der Waals surface area contributed by atoms with Crippen LogP contribution in [0.1, 0.15) is 64.7 Å². The third-order valence-electron chi connectivity index (χ3n) is 6.37. The molecule has 3 heteroatoms. The van der Waals surface area contributed by atoms with Crippen molar-refractivity contribution in [2.24, 2.45) is 23.2 Å². The highest BCUT2D eigenvalue weighted by Crippen LogP contribution is 2.54. The maximum Gasteiger partial charge on any atom is 0.139 e. The zero-order chi connectivity index (χ0) is 15.7. The minimum absolute atomic E-state index is 0.141. The monoisotopic (exact) mass is 304 g/mol. The van der Waals surface area contributed by atoms with Gasteiger partial charge in [-0.25, -0.2) is 0 Å². The standard InChI is InChI=1S/C19H28O3/c1-19-10-9-17(21)15(16(19)12-18(19)22)8-7-14(20)11-13-5-3-2-4-6-13/h13-17,20-21H,2-6,9-12H2,1H3/t14-,15+,16+,17+,19-/m1/s1. The van der Waals surface area contributed by atoms with Gasteiger partial charge in [0.05, 0.1) is 12.0 Å². The van der Waals surface area contributed by atoms with Gasteiger partial charge in [0.25, 0.3) is 0 Å². The molecule has 22 heavy (non-hydrogen) atoms. The Hall–Kier alpha value is -0.850. The molecule has 0 unspecified atom stereocenters. The van der Waals surface area contributed by atoms with Gasteiger partial charge in [0.2, 0.25) is 0 Å². The highest BCUT2D eigenvalue weighted by atomic mass is 16.3. The number of ketones is 1. The van der Waals surface area contributed by atoms with E-state index in [1.165, 1.54) is 32.1 Å². The number of carbonyl (C=O) groups is 1. The minimum atomic E-state index is -0.584. The Labute approximate surface area is 133 Å². The van der Waals surface area contributed by atoms with Gasteiger partial charge in [-0.3, -0.25) is 4.79 Å². The van der Waals surface area contributed by atoms with Crippen molar-refractivity contribution in [1.82, 2.24) is 0 Å². The summed E-state index contributed by atoms with van der Waals surface area (Å²) in [5.41, 5.74) is -0.271. The largest absolute Gasteiger partial charge is 0.392 e. The molecule has 3 saturated carbocycles. The van der Waals surface area contributed by atoms with Crippen LogP contribution in [0.2, 0.25) is 0 Å². The van der Waals surface area contributed by atoms with E-state index in [0.717, 1.165) is 12.8 Å². The van der Waals surface area contributed by atoms with E-state index in [0.29, 0.717) is 24.5 Å². The summed E-state index contributed by atoms with van der Waals surface area (Å²) in [4.78, 5) is 11.9. The zero-order valence-electron chi connectivity index (χ0n) is 13.6. The maximum absolute atomic E-state index is 11.9. The summed E-state index contributed by atoms with van der Waals surface area (Å²) in [6, 6.07) is 0. The zero-order valence-corrected chi connectivity index (χ0v) is 13.6. The van der Waals surface area contributed by atoms with Gasteiger partial charge in [0.1, 0.15) is 11.9 Å². The number of hydrogen-bond acceptors (Lipinski definition) is 3. The van der Waals surface area contributed by atoms with Crippen molar-refractivity contribution < 1.29 is 15.0 Å². The van der Waals surface area contributed by atoms with E-state index in [9.17, 15) is 15.0 Å². The van der Waals surface area contributed by atoms with Gasteiger partial charge in [-0.05, 0) is 31.1 Å². The van der Waals surface area contributed by atoms with Crippen LogP contribution in [0.3, 0.4) is 0 Å². The molecule has 3 aliphatic rings. The molecule has 0 aromatic heterocycles. The lowest BCUT2D eigenvalue weighted by atomic mass is 9.50. The number of rotatable bonds is 2. The molecule has 0 aromatic rings. The molecule has 0 saturated heterocycles. The highest BCUT2D eigenvalue weighted by molar-refractivity contribution is 5.91. The molecule has 122 valence electrons. The summed E-state index contributed by atoms with van der Waals surface area (Å²) >= 11 is 0. The fourth-order valence-corrected chi connectivity index (χ4v) is 4.66. The van der Waals surface area contributed by atoms with E-state index in [2.05, 4.69) is 11.8 Å². The van der Waals surface area contributed by atoms with Crippen molar-refractivity contribution >= 4 is 5.78 Å². The number of aliphatic hydroxyl groups excluding tert-OH is 2. The van der Waals surface area contributed by atoms with Crippen LogP contribution >= 0.6 is 0 Å². The second-order valence-electron chi connectivity index (χ2n) is 7.83. The Morgan fingerprint density at radius 2 is 2.00 bits per heavy atom. The maximum atomic E-state index is 11.9. The first-order chi connectivity index (χ1) is 10.5. The van der Waals surface area contributed by atoms with E-state index in [1.807, 2.05) is 6.92 Å².